The maximum atomic E-state index is 5.83. The Bertz CT molecular complexity index is 588. The maximum absolute atomic E-state index is 5.83. The molecule has 0 saturated heterocycles. The number of hydrogen-bond donors (Lipinski definition) is 1. The number of methoxy groups -OCH3 is 3. The third-order valence-electron chi connectivity index (χ3n) is 3.09. The normalized spacial score (nSPS) is 10.6. The summed E-state index contributed by atoms with van der Waals surface area (Å²) in [7, 11) is 6.67. The summed E-state index contributed by atoms with van der Waals surface area (Å²) in [5, 5.41) is 4.38. The molecule has 0 aliphatic rings. The Labute approximate surface area is 118 Å². The number of nitrogens with two attached hydrogens (primary N) is 1. The Morgan fingerprint density at radius 2 is 1.80 bits per heavy atom. The van der Waals surface area contributed by atoms with Crippen LogP contribution in [0.25, 0.3) is 11.3 Å². The van der Waals surface area contributed by atoms with Crippen molar-refractivity contribution in [3.8, 4) is 22.8 Å². The fourth-order valence-corrected chi connectivity index (χ4v) is 2.05. The zero-order chi connectivity index (χ0) is 14.7. The Hall–Kier alpha value is -2.21. The van der Waals surface area contributed by atoms with Gasteiger partial charge in [-0.2, -0.15) is 5.10 Å². The second-order valence-electron chi connectivity index (χ2n) is 4.38. The van der Waals surface area contributed by atoms with E-state index in [4.69, 9.17) is 19.9 Å². The summed E-state index contributed by atoms with van der Waals surface area (Å²) in [6.45, 7) is 0.447. The predicted octanol–water partition coefficient (Wildman–Crippen LogP) is 1.83. The largest absolute Gasteiger partial charge is 0.496 e. The highest BCUT2D eigenvalue weighted by Crippen LogP contribution is 2.36. The molecule has 1 aromatic heterocycles. The van der Waals surface area contributed by atoms with Gasteiger partial charge in [0.1, 0.15) is 17.3 Å². The van der Waals surface area contributed by atoms with Crippen molar-refractivity contribution in [2.45, 2.75) is 6.61 Å². The van der Waals surface area contributed by atoms with Crippen molar-refractivity contribution < 1.29 is 14.2 Å². The summed E-state index contributed by atoms with van der Waals surface area (Å²) in [5.41, 5.74) is 8.36. The number of rotatable bonds is 5. The molecule has 0 radical (unpaired) electrons. The maximum Gasteiger partial charge on any atom is 0.132 e. The first-order valence-corrected chi connectivity index (χ1v) is 6.14. The first kappa shape index (κ1) is 14.2. The van der Waals surface area contributed by atoms with Gasteiger partial charge in [0.15, 0.2) is 0 Å². The highest BCUT2D eigenvalue weighted by Gasteiger charge is 2.15. The molecule has 0 atom stereocenters. The number of ether oxygens (including phenoxy) is 3. The molecule has 20 heavy (non-hydrogen) atoms. The molecule has 6 nitrogen and oxygen atoms in total. The Kier molecular flexibility index (Phi) is 4.14. The lowest BCUT2D eigenvalue weighted by molar-refractivity contribution is 0.181. The van der Waals surface area contributed by atoms with E-state index in [1.54, 1.807) is 39.1 Å². The SMILES string of the molecule is COCc1cc(-c2cc(N)n(C)n2)c(OC)cc1OC. The van der Waals surface area contributed by atoms with Crippen molar-refractivity contribution in [2.75, 3.05) is 27.1 Å². The molecular weight excluding hydrogens is 258 g/mol. The van der Waals surface area contributed by atoms with Gasteiger partial charge in [-0.25, -0.2) is 0 Å². The fraction of sp³-hybridized carbons (Fsp3) is 0.357. The molecule has 6 heteroatoms. The molecular formula is C14H19N3O3. The van der Waals surface area contributed by atoms with Gasteiger partial charge in [-0.05, 0) is 6.07 Å². The van der Waals surface area contributed by atoms with Crippen LogP contribution >= 0.6 is 0 Å². The van der Waals surface area contributed by atoms with Gasteiger partial charge in [-0.3, -0.25) is 4.68 Å². The third kappa shape index (κ3) is 2.55. The Balaban J connectivity index is 2.58. The van der Waals surface area contributed by atoms with E-state index in [0.29, 0.717) is 18.2 Å². The van der Waals surface area contributed by atoms with Crippen LogP contribution in [0.3, 0.4) is 0 Å². The predicted molar refractivity (Wildman–Crippen MR) is 76.9 cm³/mol. The molecule has 0 spiro atoms. The summed E-state index contributed by atoms with van der Waals surface area (Å²) >= 11 is 0. The molecule has 2 N–H and O–H groups in total. The van der Waals surface area contributed by atoms with Gasteiger partial charge in [0.2, 0.25) is 0 Å². The van der Waals surface area contributed by atoms with E-state index >= 15 is 0 Å². The quantitative estimate of drug-likeness (QED) is 0.902. The van der Waals surface area contributed by atoms with Gasteiger partial charge in [-0.15, -0.1) is 0 Å². The molecule has 0 unspecified atom stereocenters. The highest BCUT2D eigenvalue weighted by molar-refractivity contribution is 5.71. The minimum Gasteiger partial charge on any atom is -0.496 e. The average molecular weight is 277 g/mol. The molecule has 2 rings (SSSR count). The zero-order valence-corrected chi connectivity index (χ0v) is 12.1. The first-order chi connectivity index (χ1) is 9.60. The van der Waals surface area contributed by atoms with Crippen molar-refractivity contribution in [1.29, 1.82) is 0 Å². The van der Waals surface area contributed by atoms with E-state index < -0.39 is 0 Å². The molecule has 108 valence electrons. The van der Waals surface area contributed by atoms with Crippen LogP contribution in [0.15, 0.2) is 18.2 Å². The number of aryl methyl sites for hydroxylation is 1. The van der Waals surface area contributed by atoms with Crippen LogP contribution in [0, 0.1) is 0 Å². The molecule has 0 saturated carbocycles. The number of nitrogens with zero attached hydrogens (tertiary/aromatic N) is 2. The van der Waals surface area contributed by atoms with Crippen LogP contribution in [0.1, 0.15) is 5.56 Å². The summed E-state index contributed by atoms with van der Waals surface area (Å²) in [4.78, 5) is 0. The minimum atomic E-state index is 0.447. The van der Waals surface area contributed by atoms with Crippen molar-refractivity contribution in [1.82, 2.24) is 9.78 Å². The topological polar surface area (TPSA) is 71.5 Å². The van der Waals surface area contributed by atoms with E-state index in [9.17, 15) is 0 Å². The molecule has 0 aliphatic heterocycles. The third-order valence-corrected chi connectivity index (χ3v) is 3.09. The molecule has 1 aromatic carbocycles. The van der Waals surface area contributed by atoms with E-state index in [0.717, 1.165) is 22.6 Å². The zero-order valence-electron chi connectivity index (χ0n) is 12.1. The van der Waals surface area contributed by atoms with Gasteiger partial charge in [0.05, 0.1) is 26.5 Å². The standard InChI is InChI=1S/C14H19N3O3/c1-17-14(15)6-11(16-17)10-5-9(8-18-2)12(19-3)7-13(10)20-4/h5-7H,8,15H2,1-4H3. The van der Waals surface area contributed by atoms with E-state index in [1.807, 2.05) is 12.1 Å². The second-order valence-corrected chi connectivity index (χ2v) is 4.38. The van der Waals surface area contributed by atoms with Gasteiger partial charge >= 0.3 is 0 Å². The van der Waals surface area contributed by atoms with Crippen molar-refractivity contribution in [2.24, 2.45) is 7.05 Å². The lowest BCUT2D eigenvalue weighted by Crippen LogP contribution is -1.99. The van der Waals surface area contributed by atoms with Crippen molar-refractivity contribution in [3.05, 3.63) is 23.8 Å². The number of nitrogen functional groups attached to an aromatic ring is 1. The van der Waals surface area contributed by atoms with Crippen LogP contribution in [-0.4, -0.2) is 31.1 Å². The summed E-state index contributed by atoms with van der Waals surface area (Å²) < 4.78 is 17.6. The fourth-order valence-electron chi connectivity index (χ4n) is 2.05. The van der Waals surface area contributed by atoms with Crippen molar-refractivity contribution in [3.63, 3.8) is 0 Å². The van der Waals surface area contributed by atoms with E-state index in [2.05, 4.69) is 5.10 Å². The lowest BCUT2D eigenvalue weighted by atomic mass is 10.1. The molecule has 0 aliphatic carbocycles. The average Bonchev–Trinajstić information content (AvgIpc) is 2.78. The van der Waals surface area contributed by atoms with Gasteiger partial charge in [-0.1, -0.05) is 0 Å². The molecule has 0 fully saturated rings. The monoisotopic (exact) mass is 277 g/mol. The molecule has 1 heterocycles. The number of anilines is 1. The molecule has 0 amide bonds. The Morgan fingerprint density at radius 1 is 1.10 bits per heavy atom. The summed E-state index contributed by atoms with van der Waals surface area (Å²) in [5.74, 6) is 1.99. The van der Waals surface area contributed by atoms with Gasteiger partial charge < -0.3 is 19.9 Å². The first-order valence-electron chi connectivity index (χ1n) is 6.14. The second kappa shape index (κ2) is 5.83. The highest BCUT2D eigenvalue weighted by atomic mass is 16.5. The van der Waals surface area contributed by atoms with E-state index in [1.165, 1.54) is 0 Å². The van der Waals surface area contributed by atoms with Crippen LogP contribution in [0.2, 0.25) is 0 Å². The minimum absolute atomic E-state index is 0.447. The summed E-state index contributed by atoms with van der Waals surface area (Å²) in [6, 6.07) is 5.58. The van der Waals surface area contributed by atoms with Crippen molar-refractivity contribution >= 4 is 5.82 Å². The summed E-state index contributed by atoms with van der Waals surface area (Å²) in [6.07, 6.45) is 0. The molecule has 2 aromatic rings. The van der Waals surface area contributed by atoms with Gasteiger partial charge in [0, 0.05) is 37.4 Å². The number of benzene rings is 1. The molecule has 0 bridgehead atoms. The van der Waals surface area contributed by atoms with E-state index in [-0.39, 0.29) is 0 Å². The van der Waals surface area contributed by atoms with Crippen LogP contribution < -0.4 is 15.2 Å². The number of hydrogen-bond acceptors (Lipinski definition) is 5. The lowest BCUT2D eigenvalue weighted by Gasteiger charge is -2.13. The number of aromatic nitrogens is 2. The van der Waals surface area contributed by atoms with Crippen LogP contribution in [-0.2, 0) is 18.4 Å². The van der Waals surface area contributed by atoms with Crippen LogP contribution in [0.4, 0.5) is 5.82 Å². The van der Waals surface area contributed by atoms with Gasteiger partial charge in [0.25, 0.3) is 0 Å². The van der Waals surface area contributed by atoms with Crippen LogP contribution in [0.5, 0.6) is 11.5 Å². The smallest absolute Gasteiger partial charge is 0.132 e. The Morgan fingerprint density at radius 3 is 2.30 bits per heavy atom.